The highest BCUT2D eigenvalue weighted by molar-refractivity contribution is 6.42. The van der Waals surface area contributed by atoms with E-state index in [2.05, 4.69) is 0 Å². The minimum atomic E-state index is -0.299. The molecule has 0 aliphatic rings. The lowest BCUT2D eigenvalue weighted by Gasteiger charge is -2.09. The number of rotatable bonds is 5. The van der Waals surface area contributed by atoms with Crippen LogP contribution in [0.5, 0.6) is 0 Å². The van der Waals surface area contributed by atoms with Crippen molar-refractivity contribution in [2.24, 2.45) is 5.73 Å². The number of Topliss-reactive ketones (excluding diaryl/α,β-unsaturated/α-hetero) is 1. The molecule has 0 aliphatic carbocycles. The molecule has 0 saturated carbocycles. The molecule has 16 heavy (non-hydrogen) atoms. The lowest BCUT2D eigenvalue weighted by Crippen LogP contribution is -2.28. The highest BCUT2D eigenvalue weighted by Gasteiger charge is 2.12. The zero-order valence-corrected chi connectivity index (χ0v) is 10.4. The monoisotopic (exact) mass is 261 g/mol. The van der Waals surface area contributed by atoms with Gasteiger partial charge in [-0.15, -0.1) is 0 Å². The summed E-state index contributed by atoms with van der Waals surface area (Å²) in [6.07, 6.45) is 0.228. The number of methoxy groups -OCH3 is 1. The molecule has 1 aromatic carbocycles. The van der Waals surface area contributed by atoms with Gasteiger partial charge in [0.05, 0.1) is 16.7 Å². The van der Waals surface area contributed by atoms with Gasteiger partial charge in [0.2, 0.25) is 0 Å². The third-order valence-electron chi connectivity index (χ3n) is 2.07. The molecule has 0 radical (unpaired) electrons. The zero-order valence-electron chi connectivity index (χ0n) is 8.87. The van der Waals surface area contributed by atoms with Crippen molar-refractivity contribution in [3.63, 3.8) is 0 Å². The lowest BCUT2D eigenvalue weighted by atomic mass is 10.0. The fourth-order valence-corrected chi connectivity index (χ4v) is 1.60. The fraction of sp³-hybridized carbons (Fsp3) is 0.364. The van der Waals surface area contributed by atoms with E-state index in [1.807, 2.05) is 0 Å². The van der Waals surface area contributed by atoms with Crippen molar-refractivity contribution in [2.75, 3.05) is 13.7 Å². The van der Waals surface area contributed by atoms with Crippen LogP contribution in [0, 0.1) is 0 Å². The van der Waals surface area contributed by atoms with Crippen LogP contribution in [-0.2, 0) is 4.74 Å². The van der Waals surface area contributed by atoms with Gasteiger partial charge < -0.3 is 10.5 Å². The predicted molar refractivity (Wildman–Crippen MR) is 65.3 cm³/mol. The second-order valence-corrected chi connectivity index (χ2v) is 4.29. The van der Waals surface area contributed by atoms with Gasteiger partial charge in [-0.3, -0.25) is 4.79 Å². The van der Waals surface area contributed by atoms with Gasteiger partial charge in [-0.25, -0.2) is 0 Å². The van der Waals surface area contributed by atoms with Crippen LogP contribution in [0.1, 0.15) is 16.8 Å². The Kier molecular flexibility index (Phi) is 5.22. The summed E-state index contributed by atoms with van der Waals surface area (Å²) in [5, 5.41) is 0.798. The van der Waals surface area contributed by atoms with Gasteiger partial charge in [0, 0.05) is 25.1 Å². The van der Waals surface area contributed by atoms with Crippen LogP contribution in [0.2, 0.25) is 10.0 Å². The Labute approximate surface area is 104 Å². The number of benzene rings is 1. The second-order valence-electron chi connectivity index (χ2n) is 3.47. The third-order valence-corrected chi connectivity index (χ3v) is 2.81. The van der Waals surface area contributed by atoms with Crippen molar-refractivity contribution in [3.8, 4) is 0 Å². The van der Waals surface area contributed by atoms with Crippen LogP contribution in [0.15, 0.2) is 18.2 Å². The molecular formula is C11H13Cl2NO2. The summed E-state index contributed by atoms with van der Waals surface area (Å²) in [6, 6.07) is 4.48. The number of nitrogens with two attached hydrogens (primary N) is 1. The Morgan fingerprint density at radius 2 is 2.12 bits per heavy atom. The number of hydrogen-bond donors (Lipinski definition) is 1. The number of halogens is 2. The van der Waals surface area contributed by atoms with Gasteiger partial charge in [-0.2, -0.15) is 0 Å². The van der Waals surface area contributed by atoms with E-state index < -0.39 is 0 Å². The zero-order chi connectivity index (χ0) is 12.1. The predicted octanol–water partition coefficient (Wildman–Crippen LogP) is 2.54. The molecule has 0 bridgehead atoms. The smallest absolute Gasteiger partial charge is 0.164 e. The largest absolute Gasteiger partial charge is 0.383 e. The molecular weight excluding hydrogens is 249 g/mol. The van der Waals surface area contributed by atoms with Crippen LogP contribution in [0.3, 0.4) is 0 Å². The standard InChI is InChI=1S/C11H13Cl2NO2/c1-16-6-8(14)5-11(15)7-2-3-9(12)10(13)4-7/h2-4,8H,5-6,14H2,1H3. The molecule has 0 saturated heterocycles. The van der Waals surface area contributed by atoms with Crippen molar-refractivity contribution >= 4 is 29.0 Å². The van der Waals surface area contributed by atoms with Crippen molar-refractivity contribution in [1.82, 2.24) is 0 Å². The average Bonchev–Trinajstić information content (AvgIpc) is 2.22. The summed E-state index contributed by atoms with van der Waals surface area (Å²) in [6.45, 7) is 0.354. The number of hydrogen-bond acceptors (Lipinski definition) is 3. The van der Waals surface area contributed by atoms with Crippen molar-refractivity contribution < 1.29 is 9.53 Å². The summed E-state index contributed by atoms with van der Waals surface area (Å²) in [4.78, 5) is 11.8. The van der Waals surface area contributed by atoms with Crippen molar-refractivity contribution in [2.45, 2.75) is 12.5 Å². The maximum absolute atomic E-state index is 11.8. The van der Waals surface area contributed by atoms with Crippen LogP contribution in [0.25, 0.3) is 0 Å². The van der Waals surface area contributed by atoms with Crippen molar-refractivity contribution in [3.05, 3.63) is 33.8 Å². The highest BCUT2D eigenvalue weighted by atomic mass is 35.5. The van der Waals surface area contributed by atoms with Gasteiger partial charge in [0.15, 0.2) is 5.78 Å². The first-order valence-corrected chi connectivity index (χ1v) is 5.53. The normalized spacial score (nSPS) is 12.5. The molecule has 0 spiro atoms. The van der Waals surface area contributed by atoms with Gasteiger partial charge >= 0.3 is 0 Å². The van der Waals surface area contributed by atoms with E-state index in [4.69, 9.17) is 33.7 Å². The lowest BCUT2D eigenvalue weighted by molar-refractivity contribution is 0.0949. The van der Waals surface area contributed by atoms with Crippen LogP contribution >= 0.6 is 23.2 Å². The molecule has 0 aromatic heterocycles. The minimum absolute atomic E-state index is 0.0666. The first-order valence-electron chi connectivity index (χ1n) is 4.77. The van der Waals surface area contributed by atoms with E-state index in [1.165, 1.54) is 0 Å². The van der Waals surface area contributed by atoms with Gasteiger partial charge in [-0.1, -0.05) is 23.2 Å². The Balaban J connectivity index is 2.69. The number of ketones is 1. The molecule has 5 heteroatoms. The first-order chi connectivity index (χ1) is 7.54. The summed E-state index contributed by atoms with van der Waals surface area (Å²) < 4.78 is 4.86. The van der Waals surface area contributed by atoms with Crippen molar-refractivity contribution in [1.29, 1.82) is 0 Å². The van der Waals surface area contributed by atoms with E-state index in [1.54, 1.807) is 25.3 Å². The highest BCUT2D eigenvalue weighted by Crippen LogP contribution is 2.23. The summed E-state index contributed by atoms with van der Waals surface area (Å²) in [5.41, 5.74) is 6.20. The van der Waals surface area contributed by atoms with E-state index >= 15 is 0 Å². The SMILES string of the molecule is COCC(N)CC(=O)c1ccc(Cl)c(Cl)c1. The second kappa shape index (κ2) is 6.21. The molecule has 2 N–H and O–H groups in total. The quantitative estimate of drug-likeness (QED) is 0.829. The van der Waals surface area contributed by atoms with Gasteiger partial charge in [0.25, 0.3) is 0 Å². The maximum atomic E-state index is 11.8. The van der Waals surface area contributed by atoms with Crippen LogP contribution < -0.4 is 5.73 Å². The molecule has 3 nitrogen and oxygen atoms in total. The molecule has 0 fully saturated rings. The van der Waals surface area contributed by atoms with Gasteiger partial charge in [-0.05, 0) is 18.2 Å². The van der Waals surface area contributed by atoms with Crippen LogP contribution in [-0.4, -0.2) is 25.5 Å². The van der Waals surface area contributed by atoms with E-state index in [-0.39, 0.29) is 18.2 Å². The van der Waals surface area contributed by atoms with E-state index in [0.717, 1.165) is 0 Å². The number of carbonyl (C=O) groups excluding carboxylic acids is 1. The molecule has 1 rings (SSSR count). The first kappa shape index (κ1) is 13.5. The average molecular weight is 262 g/mol. The summed E-state index contributed by atoms with van der Waals surface area (Å²) in [5.74, 6) is -0.0666. The molecule has 0 aliphatic heterocycles. The molecule has 0 heterocycles. The molecule has 1 unspecified atom stereocenters. The Morgan fingerprint density at radius 3 is 2.69 bits per heavy atom. The maximum Gasteiger partial charge on any atom is 0.164 e. The minimum Gasteiger partial charge on any atom is -0.383 e. The van der Waals surface area contributed by atoms with E-state index in [9.17, 15) is 4.79 Å². The van der Waals surface area contributed by atoms with E-state index in [0.29, 0.717) is 22.2 Å². The summed E-state index contributed by atoms with van der Waals surface area (Å²) >= 11 is 11.6. The topological polar surface area (TPSA) is 52.3 Å². The van der Waals surface area contributed by atoms with Crippen LogP contribution in [0.4, 0.5) is 0 Å². The Morgan fingerprint density at radius 1 is 1.44 bits per heavy atom. The molecule has 88 valence electrons. The Hall–Kier alpha value is -0.610. The molecule has 1 atom stereocenters. The molecule has 1 aromatic rings. The number of carbonyl (C=O) groups is 1. The Bertz CT molecular complexity index is 382. The molecule has 0 amide bonds. The van der Waals surface area contributed by atoms with Gasteiger partial charge in [0.1, 0.15) is 0 Å². The number of ether oxygens (including phenoxy) is 1. The summed E-state index contributed by atoms with van der Waals surface area (Å²) in [7, 11) is 1.55. The third kappa shape index (κ3) is 3.76. The fourth-order valence-electron chi connectivity index (χ4n) is 1.30.